The van der Waals surface area contributed by atoms with Crippen LogP contribution in [0.5, 0.6) is 0 Å². The molecule has 1 N–H and O–H groups in total. The van der Waals surface area contributed by atoms with Gasteiger partial charge in [0.2, 0.25) is 0 Å². The molecule has 0 spiro atoms. The molecule has 17 heavy (non-hydrogen) atoms. The van der Waals surface area contributed by atoms with E-state index in [4.69, 9.17) is 11.6 Å². The molecule has 1 aromatic rings. The van der Waals surface area contributed by atoms with Gasteiger partial charge in [0.05, 0.1) is 0 Å². The number of carbonyl (C=O) groups is 1. The maximum absolute atomic E-state index is 11.8. The predicted molar refractivity (Wildman–Crippen MR) is 71.3 cm³/mol. The topological polar surface area (TPSA) is 42.0 Å². The quantitative estimate of drug-likeness (QED) is 0.871. The molecule has 2 rings (SSSR count). The molecule has 0 aliphatic heterocycles. The lowest BCUT2D eigenvalue weighted by Crippen LogP contribution is -2.31. The molecule has 0 aromatic carbocycles. The summed E-state index contributed by atoms with van der Waals surface area (Å²) in [5, 5.41) is 3.09. The van der Waals surface area contributed by atoms with Crippen molar-refractivity contribution < 1.29 is 4.79 Å². The molecule has 0 bridgehead atoms. The second-order valence-electron chi connectivity index (χ2n) is 4.28. The number of nitrogens with zero attached hydrogens (tertiary/aromatic N) is 1. The normalized spacial score (nSPS) is 23.6. The van der Waals surface area contributed by atoms with Crippen LogP contribution in [-0.4, -0.2) is 22.8 Å². The number of aromatic nitrogens is 1. The summed E-state index contributed by atoms with van der Waals surface area (Å²) in [5.41, 5.74) is 0.442. The van der Waals surface area contributed by atoms with Crippen LogP contribution in [0.2, 0.25) is 0 Å². The minimum atomic E-state index is -0.131. The summed E-state index contributed by atoms with van der Waals surface area (Å²) in [6.45, 7) is 0.644. The fourth-order valence-electron chi connectivity index (χ4n) is 2.05. The molecule has 3 nitrogen and oxygen atoms in total. The Morgan fingerprint density at radius 2 is 2.35 bits per heavy atom. The van der Waals surface area contributed by atoms with Gasteiger partial charge in [-0.1, -0.05) is 6.42 Å². The minimum absolute atomic E-state index is 0.131. The first-order valence-electron chi connectivity index (χ1n) is 5.70. The van der Waals surface area contributed by atoms with E-state index in [1.54, 1.807) is 12.3 Å². The van der Waals surface area contributed by atoms with E-state index < -0.39 is 0 Å². The molecular formula is C12H14BrClN2O. The van der Waals surface area contributed by atoms with Crippen LogP contribution in [-0.2, 0) is 0 Å². The maximum atomic E-state index is 11.8. The third-order valence-electron chi connectivity index (χ3n) is 3.05. The van der Waals surface area contributed by atoms with Crippen molar-refractivity contribution in [3.8, 4) is 0 Å². The molecule has 1 saturated carbocycles. The van der Waals surface area contributed by atoms with Gasteiger partial charge in [0.15, 0.2) is 0 Å². The Kier molecular flexibility index (Phi) is 4.40. The Hall–Kier alpha value is -0.610. The highest BCUT2D eigenvalue weighted by Gasteiger charge is 2.25. The number of pyridine rings is 1. The first kappa shape index (κ1) is 12.8. The van der Waals surface area contributed by atoms with Gasteiger partial charge < -0.3 is 5.32 Å². The Bertz CT molecular complexity index is 396. The third kappa shape index (κ3) is 3.42. The number of hydrogen-bond donors (Lipinski definition) is 1. The van der Waals surface area contributed by atoms with Gasteiger partial charge in [0, 0.05) is 22.6 Å². The molecule has 5 heteroatoms. The molecule has 0 saturated heterocycles. The number of halogens is 2. The van der Waals surface area contributed by atoms with Crippen LogP contribution in [0.15, 0.2) is 22.8 Å². The minimum Gasteiger partial charge on any atom is -0.350 e. The van der Waals surface area contributed by atoms with E-state index in [9.17, 15) is 4.79 Å². The van der Waals surface area contributed by atoms with Gasteiger partial charge in [0.25, 0.3) is 5.91 Å². The van der Waals surface area contributed by atoms with Crippen LogP contribution in [0, 0.1) is 5.92 Å². The number of hydrogen-bond acceptors (Lipinski definition) is 2. The summed E-state index contributed by atoms with van der Waals surface area (Å²) in [4.78, 5) is 15.8. The van der Waals surface area contributed by atoms with Crippen molar-refractivity contribution in [3.05, 3.63) is 28.5 Å². The van der Waals surface area contributed by atoms with Gasteiger partial charge in [-0.2, -0.15) is 0 Å². The van der Waals surface area contributed by atoms with E-state index in [0.717, 1.165) is 23.7 Å². The lowest BCUT2D eigenvalue weighted by atomic mass is 10.1. The predicted octanol–water partition coefficient (Wildman–Crippen LogP) is 2.98. The summed E-state index contributed by atoms with van der Waals surface area (Å²) < 4.78 is 0.866. The molecule has 1 aliphatic rings. The number of carbonyl (C=O) groups excluding carboxylic acids is 1. The lowest BCUT2D eigenvalue weighted by molar-refractivity contribution is 0.0942. The Balaban J connectivity index is 1.87. The van der Waals surface area contributed by atoms with E-state index in [-0.39, 0.29) is 11.3 Å². The summed E-state index contributed by atoms with van der Waals surface area (Å²) in [6, 6.07) is 3.51. The first-order chi connectivity index (χ1) is 8.16. The monoisotopic (exact) mass is 316 g/mol. The fourth-order valence-corrected chi connectivity index (χ4v) is 2.65. The Labute approximate surface area is 114 Å². The summed E-state index contributed by atoms with van der Waals surface area (Å²) in [6.07, 6.45) is 4.93. The summed E-state index contributed by atoms with van der Waals surface area (Å²) in [7, 11) is 0. The fraction of sp³-hybridized carbons (Fsp3) is 0.500. The summed E-state index contributed by atoms with van der Waals surface area (Å²) in [5.74, 6) is 0.268. The smallest absolute Gasteiger partial charge is 0.269 e. The van der Waals surface area contributed by atoms with Gasteiger partial charge in [-0.15, -0.1) is 11.6 Å². The number of alkyl halides is 1. The van der Waals surface area contributed by atoms with Crippen molar-refractivity contribution in [1.82, 2.24) is 10.3 Å². The molecule has 1 aromatic heterocycles. The van der Waals surface area contributed by atoms with Crippen LogP contribution in [0.25, 0.3) is 0 Å². The lowest BCUT2D eigenvalue weighted by Gasteiger charge is -2.14. The molecule has 1 fully saturated rings. The second-order valence-corrected chi connectivity index (χ2v) is 5.75. The summed E-state index contributed by atoms with van der Waals surface area (Å²) >= 11 is 9.44. The first-order valence-corrected chi connectivity index (χ1v) is 6.93. The van der Waals surface area contributed by atoms with E-state index in [1.807, 2.05) is 6.07 Å². The van der Waals surface area contributed by atoms with Crippen molar-refractivity contribution in [1.29, 1.82) is 0 Å². The van der Waals surface area contributed by atoms with Crippen LogP contribution in [0.4, 0.5) is 0 Å². The highest BCUT2D eigenvalue weighted by molar-refractivity contribution is 9.10. The van der Waals surface area contributed by atoms with Crippen molar-refractivity contribution in [2.24, 2.45) is 5.92 Å². The zero-order chi connectivity index (χ0) is 12.3. The zero-order valence-electron chi connectivity index (χ0n) is 9.33. The molecule has 0 radical (unpaired) electrons. The standard InChI is InChI=1S/C12H14BrClN2O/c13-9-4-5-11(15-7-9)12(17)16-6-8-2-1-3-10(8)14/h4-5,7-8,10H,1-3,6H2,(H,16,17). The van der Waals surface area contributed by atoms with E-state index in [1.165, 1.54) is 0 Å². The molecule has 92 valence electrons. The Morgan fingerprint density at radius 3 is 2.94 bits per heavy atom. The molecule has 1 amide bonds. The average Bonchev–Trinajstić information content (AvgIpc) is 2.73. The van der Waals surface area contributed by atoms with E-state index in [0.29, 0.717) is 18.2 Å². The van der Waals surface area contributed by atoms with Crippen molar-refractivity contribution in [2.45, 2.75) is 24.6 Å². The molecule has 1 aliphatic carbocycles. The molecular weight excluding hydrogens is 304 g/mol. The van der Waals surface area contributed by atoms with Crippen LogP contribution in [0.3, 0.4) is 0 Å². The van der Waals surface area contributed by atoms with Crippen molar-refractivity contribution in [2.75, 3.05) is 6.54 Å². The molecule has 1 heterocycles. The second kappa shape index (κ2) is 5.83. The largest absolute Gasteiger partial charge is 0.350 e. The highest BCUT2D eigenvalue weighted by atomic mass is 79.9. The van der Waals surface area contributed by atoms with Gasteiger partial charge in [0.1, 0.15) is 5.69 Å². The number of amides is 1. The van der Waals surface area contributed by atoms with Crippen molar-refractivity contribution in [3.63, 3.8) is 0 Å². The highest BCUT2D eigenvalue weighted by Crippen LogP contribution is 2.29. The SMILES string of the molecule is O=C(NCC1CCCC1Cl)c1ccc(Br)cn1. The van der Waals surface area contributed by atoms with E-state index >= 15 is 0 Å². The maximum Gasteiger partial charge on any atom is 0.269 e. The molecule has 2 unspecified atom stereocenters. The van der Waals surface area contributed by atoms with E-state index in [2.05, 4.69) is 26.2 Å². The van der Waals surface area contributed by atoms with Crippen LogP contribution in [0.1, 0.15) is 29.8 Å². The van der Waals surface area contributed by atoms with Gasteiger partial charge in [-0.3, -0.25) is 4.79 Å². The number of rotatable bonds is 3. The third-order valence-corrected chi connectivity index (χ3v) is 4.09. The average molecular weight is 318 g/mol. The van der Waals surface area contributed by atoms with Gasteiger partial charge in [-0.05, 0) is 46.8 Å². The number of nitrogens with one attached hydrogen (secondary N) is 1. The van der Waals surface area contributed by atoms with Gasteiger partial charge >= 0.3 is 0 Å². The zero-order valence-corrected chi connectivity index (χ0v) is 11.7. The van der Waals surface area contributed by atoms with Crippen molar-refractivity contribution >= 4 is 33.4 Å². The van der Waals surface area contributed by atoms with Crippen LogP contribution < -0.4 is 5.32 Å². The van der Waals surface area contributed by atoms with Crippen LogP contribution >= 0.6 is 27.5 Å². The molecule has 2 atom stereocenters. The van der Waals surface area contributed by atoms with Gasteiger partial charge in [-0.25, -0.2) is 4.98 Å². The Morgan fingerprint density at radius 1 is 1.53 bits per heavy atom.